The van der Waals surface area contributed by atoms with Crippen LogP contribution in [0.3, 0.4) is 0 Å². The van der Waals surface area contributed by atoms with Gasteiger partial charge in [0.25, 0.3) is 0 Å². The van der Waals surface area contributed by atoms with E-state index in [0.717, 1.165) is 0 Å². The summed E-state index contributed by atoms with van der Waals surface area (Å²) in [7, 11) is 0. The summed E-state index contributed by atoms with van der Waals surface area (Å²) in [6, 6.07) is 0. The maximum atomic E-state index is 8.56. The zero-order valence-electron chi connectivity index (χ0n) is 5.69. The van der Waals surface area contributed by atoms with Gasteiger partial charge in [-0.05, 0) is 17.6 Å². The molecule has 1 unspecified atom stereocenters. The van der Waals surface area contributed by atoms with Gasteiger partial charge in [0.1, 0.15) is 0 Å². The van der Waals surface area contributed by atoms with Crippen LogP contribution in [0.2, 0.25) is 0 Å². The highest BCUT2D eigenvalue weighted by Crippen LogP contribution is 2.27. The molecule has 0 aromatic rings. The molecule has 0 aromatic heterocycles. The highest BCUT2D eigenvalue weighted by atomic mass is 32.2. The van der Waals surface area contributed by atoms with Crippen LogP contribution < -0.4 is 0 Å². The second-order valence-electron chi connectivity index (χ2n) is 2.21. The lowest BCUT2D eigenvalue weighted by Gasteiger charge is -1.83. The Balaban J connectivity index is 0.000000134. The zero-order chi connectivity index (χ0) is 8.27. The Morgan fingerprint density at radius 1 is 1.36 bits per heavy atom. The average molecular weight is 171 g/mol. The topological polar surface area (TPSA) is 60.4 Å². The fourth-order valence-electron chi connectivity index (χ4n) is 1.01. The van der Waals surface area contributed by atoms with Gasteiger partial charge in [0.05, 0.1) is 11.4 Å². The minimum absolute atomic E-state index is 1.19. The highest BCUT2D eigenvalue weighted by molar-refractivity contribution is 7.73. The van der Waals surface area contributed by atoms with E-state index < -0.39 is 11.4 Å². The van der Waals surface area contributed by atoms with Crippen molar-refractivity contribution in [2.75, 3.05) is 0 Å². The minimum Gasteiger partial charge on any atom is -0.750 e. The largest absolute Gasteiger partial charge is 0.750 e. The van der Waals surface area contributed by atoms with Gasteiger partial charge in [0, 0.05) is 0 Å². The lowest BCUT2D eigenvalue weighted by Crippen LogP contribution is -1.75. The van der Waals surface area contributed by atoms with Gasteiger partial charge < -0.3 is 9.11 Å². The van der Waals surface area contributed by atoms with Gasteiger partial charge in [-0.1, -0.05) is 24.3 Å². The van der Waals surface area contributed by atoms with E-state index in [1.165, 1.54) is 17.6 Å². The molecule has 2 rings (SSSR count). The number of fused-ring (bicyclic) bond motifs is 2. The van der Waals surface area contributed by atoms with Crippen LogP contribution in [0.5, 0.6) is 0 Å². The third-order valence-electron chi connectivity index (χ3n) is 1.43. The average Bonchev–Trinajstić information content (AvgIpc) is 2.45. The standard InChI is InChI=1S/C7H6.H2O3S/c1-2-7-4-3-6(1)5-7;1-4(2)3/h1-4H,5H2;(H2,1,2,3)/p-1. The summed E-state index contributed by atoms with van der Waals surface area (Å²) in [6.45, 7) is 0. The Kier molecular flexibility index (Phi) is 2.76. The second-order valence-corrected chi connectivity index (χ2v) is 2.64. The SMILES string of the molecule is C1=CC2=CC=C1C2.O=S([O-])O. The van der Waals surface area contributed by atoms with Crippen LogP contribution in [-0.2, 0) is 11.4 Å². The molecule has 0 fully saturated rings. The number of hydrogen-bond donors (Lipinski definition) is 1. The van der Waals surface area contributed by atoms with Crippen LogP contribution >= 0.6 is 0 Å². The summed E-state index contributed by atoms with van der Waals surface area (Å²) in [5.41, 5.74) is 2.94. The normalized spacial score (nSPS) is 20.2. The molecule has 4 heteroatoms. The Labute approximate surface area is 67.2 Å². The van der Waals surface area contributed by atoms with Gasteiger partial charge in [0.2, 0.25) is 0 Å². The summed E-state index contributed by atoms with van der Waals surface area (Å²) < 4.78 is 24.1. The van der Waals surface area contributed by atoms with Crippen molar-refractivity contribution in [3.05, 3.63) is 35.5 Å². The van der Waals surface area contributed by atoms with Crippen molar-refractivity contribution in [2.24, 2.45) is 0 Å². The van der Waals surface area contributed by atoms with Crippen LogP contribution in [-0.4, -0.2) is 13.3 Å². The smallest absolute Gasteiger partial charge is 0.0814 e. The summed E-state index contributed by atoms with van der Waals surface area (Å²) in [6.07, 6.45) is 9.90. The Hall–Kier alpha value is -0.710. The Morgan fingerprint density at radius 3 is 1.82 bits per heavy atom. The van der Waals surface area contributed by atoms with Crippen molar-refractivity contribution >= 4 is 11.4 Å². The molecule has 0 radical (unpaired) electrons. The van der Waals surface area contributed by atoms with Crippen LogP contribution in [0.15, 0.2) is 35.5 Å². The number of hydrogen-bond acceptors (Lipinski definition) is 2. The molecule has 0 aliphatic heterocycles. The molecule has 0 saturated heterocycles. The number of rotatable bonds is 0. The van der Waals surface area contributed by atoms with Gasteiger partial charge in [-0.15, -0.1) is 0 Å². The van der Waals surface area contributed by atoms with Crippen LogP contribution in [0.25, 0.3) is 0 Å². The third kappa shape index (κ3) is 2.80. The van der Waals surface area contributed by atoms with E-state index >= 15 is 0 Å². The minimum atomic E-state index is -2.86. The monoisotopic (exact) mass is 171 g/mol. The van der Waals surface area contributed by atoms with E-state index in [4.69, 9.17) is 13.3 Å². The first-order chi connectivity index (χ1) is 5.18. The molecule has 2 aliphatic carbocycles. The van der Waals surface area contributed by atoms with Gasteiger partial charge in [-0.3, -0.25) is 0 Å². The van der Waals surface area contributed by atoms with Crippen molar-refractivity contribution in [1.82, 2.24) is 0 Å². The molecular formula is C7H7O3S-. The van der Waals surface area contributed by atoms with Crippen molar-refractivity contribution in [2.45, 2.75) is 6.42 Å². The molecule has 0 aromatic carbocycles. The molecule has 1 N–H and O–H groups in total. The molecule has 0 saturated carbocycles. The fraction of sp³-hybridized carbons (Fsp3) is 0.143. The molecule has 3 nitrogen and oxygen atoms in total. The van der Waals surface area contributed by atoms with Crippen molar-refractivity contribution in [1.29, 1.82) is 0 Å². The van der Waals surface area contributed by atoms with Gasteiger partial charge in [0.15, 0.2) is 0 Å². The lowest BCUT2D eigenvalue weighted by molar-refractivity contribution is 0.436. The van der Waals surface area contributed by atoms with Gasteiger partial charge >= 0.3 is 0 Å². The predicted molar refractivity (Wildman–Crippen MR) is 41.5 cm³/mol. The highest BCUT2D eigenvalue weighted by Gasteiger charge is 2.07. The van der Waals surface area contributed by atoms with E-state index in [-0.39, 0.29) is 0 Å². The molecule has 11 heavy (non-hydrogen) atoms. The molecule has 0 spiro atoms. The van der Waals surface area contributed by atoms with Gasteiger partial charge in [-0.25, -0.2) is 4.21 Å². The quantitative estimate of drug-likeness (QED) is 0.556. The molecule has 0 amide bonds. The van der Waals surface area contributed by atoms with E-state index in [1.807, 2.05) is 0 Å². The Morgan fingerprint density at radius 2 is 1.73 bits per heavy atom. The summed E-state index contributed by atoms with van der Waals surface area (Å²) in [5.74, 6) is 0. The summed E-state index contributed by atoms with van der Waals surface area (Å²) >= 11 is -2.86. The maximum Gasteiger partial charge on any atom is 0.0814 e. The fourth-order valence-corrected chi connectivity index (χ4v) is 1.01. The lowest BCUT2D eigenvalue weighted by atomic mass is 10.3. The molecule has 0 heterocycles. The second kappa shape index (κ2) is 3.61. The van der Waals surface area contributed by atoms with Crippen LogP contribution in [0.4, 0.5) is 0 Å². The van der Waals surface area contributed by atoms with Crippen molar-refractivity contribution < 1.29 is 13.3 Å². The predicted octanol–water partition coefficient (Wildman–Crippen LogP) is 1.15. The maximum absolute atomic E-state index is 8.56. The van der Waals surface area contributed by atoms with Gasteiger partial charge in [-0.2, -0.15) is 0 Å². The molecule has 60 valence electrons. The first kappa shape index (κ1) is 8.39. The van der Waals surface area contributed by atoms with E-state index in [0.29, 0.717) is 0 Å². The molecule has 2 aliphatic rings. The van der Waals surface area contributed by atoms with Crippen LogP contribution in [0.1, 0.15) is 6.42 Å². The van der Waals surface area contributed by atoms with E-state index in [9.17, 15) is 0 Å². The first-order valence-corrected chi connectivity index (χ1v) is 4.08. The number of allylic oxidation sites excluding steroid dienone is 6. The van der Waals surface area contributed by atoms with E-state index in [1.54, 1.807) is 0 Å². The first-order valence-electron chi connectivity index (χ1n) is 3.04. The third-order valence-corrected chi connectivity index (χ3v) is 1.43. The Bertz CT molecular complexity index is 239. The summed E-state index contributed by atoms with van der Waals surface area (Å²) in [5, 5.41) is 0. The zero-order valence-corrected chi connectivity index (χ0v) is 6.50. The molecule has 1 atom stereocenters. The van der Waals surface area contributed by atoms with E-state index in [2.05, 4.69) is 24.3 Å². The summed E-state index contributed by atoms with van der Waals surface area (Å²) in [4.78, 5) is 0. The van der Waals surface area contributed by atoms with Crippen LogP contribution in [0, 0.1) is 0 Å². The molecule has 2 bridgehead atoms. The molecular weight excluding hydrogens is 164 g/mol. The van der Waals surface area contributed by atoms with Crippen molar-refractivity contribution in [3.63, 3.8) is 0 Å². The van der Waals surface area contributed by atoms with Crippen molar-refractivity contribution in [3.8, 4) is 0 Å².